The molecule has 0 saturated heterocycles. The van der Waals surface area contributed by atoms with E-state index in [-0.39, 0.29) is 5.91 Å². The van der Waals surface area contributed by atoms with Gasteiger partial charge in [0.05, 0.1) is 5.75 Å². The van der Waals surface area contributed by atoms with Crippen LogP contribution in [0.15, 0.2) is 35.5 Å². The van der Waals surface area contributed by atoms with Gasteiger partial charge < -0.3 is 5.32 Å². The van der Waals surface area contributed by atoms with Crippen LogP contribution in [0, 0.1) is 11.8 Å². The fraction of sp³-hybridized carbons (Fsp3) is 0.450. The van der Waals surface area contributed by atoms with Crippen molar-refractivity contribution >= 4 is 29.8 Å². The van der Waals surface area contributed by atoms with Crippen molar-refractivity contribution in [3.8, 4) is 0 Å². The van der Waals surface area contributed by atoms with Gasteiger partial charge in [0.1, 0.15) is 5.82 Å². The van der Waals surface area contributed by atoms with Gasteiger partial charge in [-0.25, -0.2) is 4.98 Å². The van der Waals surface area contributed by atoms with Crippen molar-refractivity contribution in [3.63, 3.8) is 0 Å². The predicted molar refractivity (Wildman–Crippen MR) is 107 cm³/mol. The monoisotopic (exact) mass is 370 g/mol. The number of amides is 1. The number of carbonyl (C=O) groups excluding carboxylic acids is 1. The molecule has 26 heavy (non-hydrogen) atoms. The molecular weight excluding hydrogens is 344 g/mol. The summed E-state index contributed by atoms with van der Waals surface area (Å²) in [5, 5.41) is 10.8. The SMILES string of the molecule is CC1CCCC(NC(=O)CSc2n[nH]c(/C=C/c3ccccc3)n2)C1C. The highest BCUT2D eigenvalue weighted by Gasteiger charge is 2.28. The lowest BCUT2D eigenvalue weighted by atomic mass is 9.78. The normalized spacial score (nSPS) is 23.2. The lowest BCUT2D eigenvalue weighted by Gasteiger charge is -2.34. The molecule has 1 aliphatic rings. The van der Waals surface area contributed by atoms with E-state index in [9.17, 15) is 4.79 Å². The summed E-state index contributed by atoms with van der Waals surface area (Å²) in [6, 6.07) is 10.3. The van der Waals surface area contributed by atoms with Gasteiger partial charge in [-0.05, 0) is 29.9 Å². The number of hydrogen-bond donors (Lipinski definition) is 2. The topological polar surface area (TPSA) is 70.7 Å². The molecule has 1 amide bonds. The third-order valence-electron chi connectivity index (χ3n) is 5.10. The van der Waals surface area contributed by atoms with Gasteiger partial charge in [0.25, 0.3) is 0 Å². The number of aromatic nitrogens is 3. The Labute approximate surface area is 159 Å². The highest BCUT2D eigenvalue weighted by atomic mass is 32.2. The molecule has 3 unspecified atom stereocenters. The molecule has 3 atom stereocenters. The summed E-state index contributed by atoms with van der Waals surface area (Å²) < 4.78 is 0. The molecule has 1 heterocycles. The van der Waals surface area contributed by atoms with Crippen LogP contribution < -0.4 is 5.32 Å². The Hall–Kier alpha value is -2.08. The minimum absolute atomic E-state index is 0.0622. The van der Waals surface area contributed by atoms with Crippen LogP contribution in [0.25, 0.3) is 12.2 Å². The Bertz CT molecular complexity index is 743. The highest BCUT2D eigenvalue weighted by Crippen LogP contribution is 2.29. The van der Waals surface area contributed by atoms with Crippen LogP contribution in [-0.4, -0.2) is 32.9 Å². The van der Waals surface area contributed by atoms with Crippen molar-refractivity contribution < 1.29 is 4.79 Å². The molecule has 138 valence electrons. The second-order valence-electron chi connectivity index (χ2n) is 6.98. The number of thioether (sulfide) groups is 1. The van der Waals surface area contributed by atoms with Crippen molar-refractivity contribution in [3.05, 3.63) is 41.7 Å². The van der Waals surface area contributed by atoms with Crippen LogP contribution in [-0.2, 0) is 4.79 Å². The Morgan fingerprint density at radius 1 is 1.27 bits per heavy atom. The first-order chi connectivity index (χ1) is 12.6. The fourth-order valence-electron chi connectivity index (χ4n) is 3.30. The summed E-state index contributed by atoms with van der Waals surface area (Å²) in [6.07, 6.45) is 7.40. The minimum Gasteiger partial charge on any atom is -0.352 e. The summed E-state index contributed by atoms with van der Waals surface area (Å²) in [5.41, 5.74) is 1.10. The van der Waals surface area contributed by atoms with Crippen molar-refractivity contribution in [2.24, 2.45) is 11.8 Å². The zero-order chi connectivity index (χ0) is 18.4. The Balaban J connectivity index is 1.47. The molecule has 6 heteroatoms. The van der Waals surface area contributed by atoms with Gasteiger partial charge >= 0.3 is 0 Å². The number of rotatable bonds is 6. The average Bonchev–Trinajstić information content (AvgIpc) is 3.11. The minimum atomic E-state index is 0.0622. The molecule has 2 N–H and O–H groups in total. The zero-order valence-corrected chi connectivity index (χ0v) is 16.1. The van der Waals surface area contributed by atoms with E-state index in [4.69, 9.17) is 0 Å². The predicted octanol–water partition coefficient (Wildman–Crippen LogP) is 4.01. The number of H-pyrrole nitrogens is 1. The van der Waals surface area contributed by atoms with Crippen LogP contribution in [0.2, 0.25) is 0 Å². The second kappa shape index (κ2) is 9.03. The summed E-state index contributed by atoms with van der Waals surface area (Å²) in [6.45, 7) is 4.51. The number of hydrogen-bond acceptors (Lipinski definition) is 4. The van der Waals surface area contributed by atoms with Crippen molar-refractivity contribution in [1.82, 2.24) is 20.5 Å². The van der Waals surface area contributed by atoms with E-state index in [1.165, 1.54) is 24.6 Å². The Kier molecular flexibility index (Phi) is 6.50. The van der Waals surface area contributed by atoms with Gasteiger partial charge in [0, 0.05) is 6.04 Å². The number of benzene rings is 1. The van der Waals surface area contributed by atoms with Gasteiger partial charge in [-0.3, -0.25) is 9.89 Å². The maximum absolute atomic E-state index is 12.2. The van der Waals surface area contributed by atoms with Crippen LogP contribution in [0.3, 0.4) is 0 Å². The fourth-order valence-corrected chi connectivity index (χ4v) is 3.92. The molecular formula is C20H26N4OS. The van der Waals surface area contributed by atoms with Crippen molar-refractivity contribution in [2.45, 2.75) is 44.3 Å². The quantitative estimate of drug-likeness (QED) is 0.754. The van der Waals surface area contributed by atoms with Gasteiger partial charge in [0.2, 0.25) is 11.1 Å². The first-order valence-electron chi connectivity index (χ1n) is 9.19. The highest BCUT2D eigenvalue weighted by molar-refractivity contribution is 7.99. The first-order valence-corrected chi connectivity index (χ1v) is 10.2. The lowest BCUT2D eigenvalue weighted by molar-refractivity contribution is -0.120. The van der Waals surface area contributed by atoms with E-state index in [0.29, 0.717) is 34.6 Å². The van der Waals surface area contributed by atoms with Crippen LogP contribution in [0.5, 0.6) is 0 Å². The summed E-state index contributed by atoms with van der Waals surface area (Å²) in [4.78, 5) is 16.6. The maximum Gasteiger partial charge on any atom is 0.230 e. The second-order valence-corrected chi connectivity index (χ2v) is 7.92. The third-order valence-corrected chi connectivity index (χ3v) is 5.95. The molecule has 3 rings (SSSR count). The molecule has 1 aromatic carbocycles. The van der Waals surface area contributed by atoms with Crippen LogP contribution in [0.1, 0.15) is 44.5 Å². The third kappa shape index (κ3) is 5.21. The standard InChI is InChI=1S/C20H26N4OS/c1-14-7-6-10-17(15(14)2)21-19(25)13-26-20-22-18(23-24-20)12-11-16-8-4-3-5-9-16/h3-5,8-9,11-12,14-15,17H,6-7,10,13H2,1-2H3,(H,21,25)(H,22,23,24)/b12-11+. The van der Waals surface area contributed by atoms with E-state index in [1.54, 1.807) is 0 Å². The molecule has 1 fully saturated rings. The molecule has 0 spiro atoms. The molecule has 5 nitrogen and oxygen atoms in total. The summed E-state index contributed by atoms with van der Waals surface area (Å²) in [7, 11) is 0. The van der Waals surface area contributed by atoms with Gasteiger partial charge in [-0.15, -0.1) is 5.10 Å². The molecule has 0 radical (unpaired) electrons. The van der Waals surface area contributed by atoms with E-state index in [1.807, 2.05) is 42.5 Å². The van der Waals surface area contributed by atoms with E-state index < -0.39 is 0 Å². The Morgan fingerprint density at radius 2 is 2.08 bits per heavy atom. The van der Waals surface area contributed by atoms with Crippen molar-refractivity contribution in [1.29, 1.82) is 0 Å². The molecule has 0 bridgehead atoms. The maximum atomic E-state index is 12.2. The van der Waals surface area contributed by atoms with Gasteiger partial charge in [-0.2, -0.15) is 0 Å². The van der Waals surface area contributed by atoms with Crippen LogP contribution >= 0.6 is 11.8 Å². The number of carbonyl (C=O) groups is 1. The molecule has 1 aromatic heterocycles. The van der Waals surface area contributed by atoms with E-state index in [0.717, 1.165) is 12.0 Å². The average molecular weight is 371 g/mol. The number of nitrogens with one attached hydrogen (secondary N) is 2. The number of aromatic amines is 1. The van der Waals surface area contributed by atoms with Gasteiger partial charge in [0.15, 0.2) is 0 Å². The first kappa shape index (κ1) is 18.7. The lowest BCUT2D eigenvalue weighted by Crippen LogP contribution is -2.44. The Morgan fingerprint density at radius 3 is 2.88 bits per heavy atom. The largest absolute Gasteiger partial charge is 0.352 e. The van der Waals surface area contributed by atoms with E-state index >= 15 is 0 Å². The molecule has 1 aliphatic carbocycles. The summed E-state index contributed by atoms with van der Waals surface area (Å²) >= 11 is 1.36. The number of nitrogens with zero attached hydrogens (tertiary/aromatic N) is 2. The zero-order valence-electron chi connectivity index (χ0n) is 15.3. The smallest absolute Gasteiger partial charge is 0.230 e. The molecule has 1 saturated carbocycles. The van der Waals surface area contributed by atoms with Crippen molar-refractivity contribution in [2.75, 3.05) is 5.75 Å². The molecule has 0 aliphatic heterocycles. The van der Waals surface area contributed by atoms with Crippen LogP contribution in [0.4, 0.5) is 0 Å². The van der Waals surface area contributed by atoms with Gasteiger partial charge in [-0.1, -0.05) is 74.9 Å². The molecule has 2 aromatic rings. The summed E-state index contributed by atoms with van der Waals surface area (Å²) in [5.74, 6) is 2.31. The van der Waals surface area contributed by atoms with E-state index in [2.05, 4.69) is 34.3 Å².